The summed E-state index contributed by atoms with van der Waals surface area (Å²) >= 11 is 0. The summed E-state index contributed by atoms with van der Waals surface area (Å²) < 4.78 is 11.7. The fraction of sp³-hybridized carbons (Fsp3) is 1.00. The fourth-order valence-corrected chi connectivity index (χ4v) is 2.53. The van der Waals surface area contributed by atoms with Crippen LogP contribution in [0.2, 0.25) is 0 Å². The summed E-state index contributed by atoms with van der Waals surface area (Å²) in [4.78, 5) is 0. The van der Waals surface area contributed by atoms with Crippen molar-refractivity contribution >= 4 is 0 Å². The summed E-state index contributed by atoms with van der Waals surface area (Å²) in [5.74, 6) is 0.717. The first-order valence-electron chi connectivity index (χ1n) is 7.74. The Hall–Kier alpha value is -0.120. The molecule has 108 valence electrons. The molecule has 18 heavy (non-hydrogen) atoms. The molecule has 3 nitrogen and oxygen atoms in total. The minimum Gasteiger partial charge on any atom is -0.379 e. The van der Waals surface area contributed by atoms with Gasteiger partial charge in [-0.1, -0.05) is 40.0 Å². The molecule has 1 saturated heterocycles. The van der Waals surface area contributed by atoms with Crippen molar-refractivity contribution in [1.82, 2.24) is 5.32 Å². The monoisotopic (exact) mass is 257 g/mol. The van der Waals surface area contributed by atoms with E-state index in [2.05, 4.69) is 26.1 Å². The summed E-state index contributed by atoms with van der Waals surface area (Å²) in [6.45, 7) is 10.2. The molecule has 1 rings (SSSR count). The molecule has 0 aromatic carbocycles. The Morgan fingerprint density at radius 2 is 2.17 bits per heavy atom. The summed E-state index contributed by atoms with van der Waals surface area (Å²) in [5, 5.41) is 3.51. The van der Waals surface area contributed by atoms with Crippen LogP contribution in [0.1, 0.15) is 52.9 Å². The zero-order valence-corrected chi connectivity index (χ0v) is 12.4. The first-order valence-corrected chi connectivity index (χ1v) is 7.74. The molecular formula is C15H31NO2. The number of hydrogen-bond acceptors (Lipinski definition) is 3. The zero-order chi connectivity index (χ0) is 13.2. The average molecular weight is 257 g/mol. The Morgan fingerprint density at radius 3 is 2.83 bits per heavy atom. The highest BCUT2D eigenvalue weighted by molar-refractivity contribution is 4.80. The van der Waals surface area contributed by atoms with Crippen molar-refractivity contribution in [2.45, 2.75) is 65.0 Å². The number of unbranched alkanes of at least 4 members (excludes halogenated alkanes) is 1. The van der Waals surface area contributed by atoms with Gasteiger partial charge in [-0.25, -0.2) is 0 Å². The third-order valence-electron chi connectivity index (χ3n) is 3.86. The number of ether oxygens (including phenoxy) is 2. The molecule has 0 aromatic heterocycles. The second-order valence-corrected chi connectivity index (χ2v) is 5.32. The third kappa shape index (κ3) is 5.68. The van der Waals surface area contributed by atoms with Gasteiger partial charge in [-0.2, -0.15) is 0 Å². The molecule has 0 bridgehead atoms. The predicted octanol–water partition coefficient (Wildman–Crippen LogP) is 2.99. The lowest BCUT2D eigenvalue weighted by molar-refractivity contribution is -0.0783. The Kier molecular flexibility index (Phi) is 8.64. The first-order chi connectivity index (χ1) is 8.81. The minimum atomic E-state index is 0.245. The number of likely N-dealkylation sites (N-methyl/N-ethyl adjacent to an activating group) is 1. The van der Waals surface area contributed by atoms with Crippen LogP contribution in [0.5, 0.6) is 0 Å². The van der Waals surface area contributed by atoms with Gasteiger partial charge in [0.2, 0.25) is 0 Å². The van der Waals surface area contributed by atoms with Crippen molar-refractivity contribution in [3.05, 3.63) is 0 Å². The van der Waals surface area contributed by atoms with Gasteiger partial charge >= 0.3 is 0 Å². The van der Waals surface area contributed by atoms with E-state index in [0.717, 1.165) is 32.8 Å². The molecule has 0 aliphatic carbocycles. The van der Waals surface area contributed by atoms with Gasteiger partial charge in [0.25, 0.3) is 0 Å². The van der Waals surface area contributed by atoms with Gasteiger partial charge in [0, 0.05) is 19.3 Å². The number of rotatable bonds is 9. The highest BCUT2D eigenvalue weighted by Crippen LogP contribution is 2.17. The lowest BCUT2D eigenvalue weighted by Crippen LogP contribution is -2.48. The van der Waals surface area contributed by atoms with Crippen LogP contribution in [0, 0.1) is 5.92 Å². The molecule has 3 heteroatoms. The predicted molar refractivity (Wildman–Crippen MR) is 75.9 cm³/mol. The highest BCUT2D eigenvalue weighted by atomic mass is 16.5. The largest absolute Gasteiger partial charge is 0.379 e. The van der Waals surface area contributed by atoms with Crippen LogP contribution >= 0.6 is 0 Å². The highest BCUT2D eigenvalue weighted by Gasteiger charge is 2.26. The van der Waals surface area contributed by atoms with Crippen LogP contribution in [0.15, 0.2) is 0 Å². The fourth-order valence-electron chi connectivity index (χ4n) is 2.53. The summed E-state index contributed by atoms with van der Waals surface area (Å²) in [5.41, 5.74) is 0. The number of nitrogens with one attached hydrogen (secondary N) is 1. The molecule has 0 spiro atoms. The maximum Gasteiger partial charge on any atom is 0.0961 e. The van der Waals surface area contributed by atoms with E-state index in [9.17, 15) is 0 Å². The zero-order valence-electron chi connectivity index (χ0n) is 12.4. The summed E-state index contributed by atoms with van der Waals surface area (Å²) in [6, 6.07) is 0.479. The SMILES string of the molecule is CCCCC(CC)COC1COCCC1NCC. The number of hydrogen-bond donors (Lipinski definition) is 1. The van der Waals surface area contributed by atoms with Gasteiger partial charge in [-0.15, -0.1) is 0 Å². The quantitative estimate of drug-likeness (QED) is 0.689. The maximum atomic E-state index is 6.11. The molecule has 0 aromatic rings. The average Bonchev–Trinajstić information content (AvgIpc) is 2.41. The van der Waals surface area contributed by atoms with Crippen LogP contribution in [-0.4, -0.2) is 38.5 Å². The van der Waals surface area contributed by atoms with Gasteiger partial charge in [-0.3, -0.25) is 0 Å². The molecule has 1 aliphatic heterocycles. The molecule has 3 atom stereocenters. The standard InChI is InChI=1S/C15H31NO2/c1-4-7-8-13(5-2)11-18-15-12-17-10-9-14(15)16-6-3/h13-16H,4-12H2,1-3H3. The summed E-state index contributed by atoms with van der Waals surface area (Å²) in [6.07, 6.45) is 6.44. The van der Waals surface area contributed by atoms with E-state index in [-0.39, 0.29) is 6.10 Å². The van der Waals surface area contributed by atoms with Gasteiger partial charge in [-0.05, 0) is 25.3 Å². The maximum absolute atomic E-state index is 6.11. The van der Waals surface area contributed by atoms with E-state index in [4.69, 9.17) is 9.47 Å². The molecule has 1 N–H and O–H groups in total. The van der Waals surface area contributed by atoms with Gasteiger partial charge < -0.3 is 14.8 Å². The minimum absolute atomic E-state index is 0.245. The normalized spacial score (nSPS) is 26.2. The molecule has 0 amide bonds. The van der Waals surface area contributed by atoms with Crippen LogP contribution in [0.3, 0.4) is 0 Å². The lowest BCUT2D eigenvalue weighted by Gasteiger charge is -2.33. The van der Waals surface area contributed by atoms with Crippen molar-refractivity contribution in [3.63, 3.8) is 0 Å². The Morgan fingerprint density at radius 1 is 1.33 bits per heavy atom. The molecule has 3 unspecified atom stereocenters. The second kappa shape index (κ2) is 9.76. The summed E-state index contributed by atoms with van der Waals surface area (Å²) in [7, 11) is 0. The third-order valence-corrected chi connectivity index (χ3v) is 3.86. The topological polar surface area (TPSA) is 30.5 Å². The van der Waals surface area contributed by atoms with Crippen LogP contribution in [-0.2, 0) is 9.47 Å². The van der Waals surface area contributed by atoms with Crippen molar-refractivity contribution in [3.8, 4) is 0 Å². The smallest absolute Gasteiger partial charge is 0.0961 e. The Balaban J connectivity index is 2.29. The van der Waals surface area contributed by atoms with Crippen molar-refractivity contribution in [1.29, 1.82) is 0 Å². The van der Waals surface area contributed by atoms with E-state index < -0.39 is 0 Å². The molecular weight excluding hydrogens is 226 g/mol. The first kappa shape index (κ1) is 15.9. The Bertz CT molecular complexity index is 197. The van der Waals surface area contributed by atoms with E-state index in [0.29, 0.717) is 12.0 Å². The van der Waals surface area contributed by atoms with Crippen molar-refractivity contribution in [2.75, 3.05) is 26.4 Å². The lowest BCUT2D eigenvalue weighted by atomic mass is 10.00. The van der Waals surface area contributed by atoms with Crippen LogP contribution in [0.25, 0.3) is 0 Å². The van der Waals surface area contributed by atoms with Crippen molar-refractivity contribution < 1.29 is 9.47 Å². The van der Waals surface area contributed by atoms with Crippen molar-refractivity contribution in [2.24, 2.45) is 5.92 Å². The van der Waals surface area contributed by atoms with Gasteiger partial charge in [0.15, 0.2) is 0 Å². The molecule has 1 fully saturated rings. The second-order valence-electron chi connectivity index (χ2n) is 5.32. The van der Waals surface area contributed by atoms with Crippen LogP contribution in [0.4, 0.5) is 0 Å². The Labute approximate surface area is 113 Å². The molecule has 0 saturated carbocycles. The van der Waals surface area contributed by atoms with E-state index >= 15 is 0 Å². The van der Waals surface area contributed by atoms with E-state index in [1.807, 2.05) is 0 Å². The molecule has 1 aliphatic rings. The van der Waals surface area contributed by atoms with E-state index in [1.54, 1.807) is 0 Å². The molecule has 1 heterocycles. The van der Waals surface area contributed by atoms with E-state index in [1.165, 1.54) is 25.7 Å². The molecule has 0 radical (unpaired) electrons. The van der Waals surface area contributed by atoms with Gasteiger partial charge in [0.1, 0.15) is 0 Å². The van der Waals surface area contributed by atoms with Gasteiger partial charge in [0.05, 0.1) is 12.7 Å². The van der Waals surface area contributed by atoms with Crippen LogP contribution < -0.4 is 5.32 Å².